The molecule has 0 bridgehead atoms. The fourth-order valence-electron chi connectivity index (χ4n) is 3.32. The minimum atomic E-state index is 1.01. The van der Waals surface area contributed by atoms with E-state index in [0.717, 1.165) is 29.0 Å². The zero-order valence-corrected chi connectivity index (χ0v) is 14.6. The van der Waals surface area contributed by atoms with E-state index in [1.807, 2.05) is 36.6 Å². The summed E-state index contributed by atoms with van der Waals surface area (Å²) in [5.74, 6) is 0. The lowest BCUT2D eigenvalue weighted by atomic mass is 10.00. The highest BCUT2D eigenvalue weighted by atomic mass is 32.1. The van der Waals surface area contributed by atoms with Gasteiger partial charge in [0.25, 0.3) is 0 Å². The molecule has 24 heavy (non-hydrogen) atoms. The minimum Gasteiger partial charge on any atom is -0.260 e. The summed E-state index contributed by atoms with van der Waals surface area (Å²) in [6.45, 7) is 6.16. The number of benzene rings is 2. The van der Waals surface area contributed by atoms with E-state index in [4.69, 9.17) is 4.99 Å². The molecule has 1 aromatic heterocycles. The number of aryl methyl sites for hydroxylation is 1. The molecular formula is C22H19NS. The minimum absolute atomic E-state index is 1.01. The van der Waals surface area contributed by atoms with Crippen LogP contribution in [0, 0.1) is 0 Å². The van der Waals surface area contributed by atoms with E-state index in [-0.39, 0.29) is 0 Å². The lowest BCUT2D eigenvalue weighted by molar-refractivity contribution is 1.02. The first-order valence-electron chi connectivity index (χ1n) is 8.28. The van der Waals surface area contributed by atoms with Gasteiger partial charge in [-0.1, -0.05) is 61.2 Å². The quantitative estimate of drug-likeness (QED) is 0.613. The molecule has 0 saturated carbocycles. The summed E-state index contributed by atoms with van der Waals surface area (Å²) in [4.78, 5) is 6.21. The molecule has 0 spiro atoms. The summed E-state index contributed by atoms with van der Waals surface area (Å²) < 4.78 is 1.33. The van der Waals surface area contributed by atoms with Crippen LogP contribution in [-0.4, -0.2) is 6.21 Å². The molecule has 0 N–H and O–H groups in total. The van der Waals surface area contributed by atoms with Crippen molar-refractivity contribution in [3.05, 3.63) is 75.0 Å². The first-order valence-corrected chi connectivity index (χ1v) is 9.09. The molecular weight excluding hydrogens is 310 g/mol. The van der Waals surface area contributed by atoms with Gasteiger partial charge in [-0.25, -0.2) is 0 Å². The molecule has 1 aliphatic carbocycles. The monoisotopic (exact) mass is 329 g/mol. The van der Waals surface area contributed by atoms with Gasteiger partial charge >= 0.3 is 0 Å². The standard InChI is InChI=1S/C22H19NS/c1-3-23-21(16-10-5-4-9-15(16)2)19-13-8-12-18-17-11-6-7-14-20(17)24-22(18)19/h3-6,8-13H,2,7,14H2,1H3/b21-16-,23-3?. The van der Waals surface area contributed by atoms with Gasteiger partial charge in [0.05, 0.1) is 5.70 Å². The van der Waals surface area contributed by atoms with Gasteiger partial charge in [0.1, 0.15) is 0 Å². The van der Waals surface area contributed by atoms with E-state index in [0.29, 0.717) is 0 Å². The van der Waals surface area contributed by atoms with Crippen molar-refractivity contribution in [2.24, 2.45) is 4.99 Å². The third-order valence-electron chi connectivity index (χ3n) is 4.44. The van der Waals surface area contributed by atoms with Gasteiger partial charge in [-0.15, -0.1) is 11.3 Å². The van der Waals surface area contributed by atoms with Crippen molar-refractivity contribution in [3.63, 3.8) is 0 Å². The molecule has 1 heterocycles. The van der Waals surface area contributed by atoms with Crippen LogP contribution in [0.4, 0.5) is 0 Å². The van der Waals surface area contributed by atoms with Crippen LogP contribution in [0.2, 0.25) is 0 Å². The van der Waals surface area contributed by atoms with Gasteiger partial charge in [0, 0.05) is 32.0 Å². The molecule has 1 aliphatic rings. The Kier molecular flexibility index (Phi) is 3.91. The first-order chi connectivity index (χ1) is 11.8. The van der Waals surface area contributed by atoms with Gasteiger partial charge in [-0.05, 0) is 30.5 Å². The normalized spacial score (nSPS) is 15.0. The van der Waals surface area contributed by atoms with Crippen LogP contribution >= 0.6 is 11.3 Å². The third kappa shape index (κ3) is 2.44. The molecule has 0 aliphatic heterocycles. The summed E-state index contributed by atoms with van der Waals surface area (Å²) in [6.07, 6.45) is 8.71. The highest BCUT2D eigenvalue weighted by Gasteiger charge is 2.16. The van der Waals surface area contributed by atoms with Crippen LogP contribution in [0.15, 0.2) is 53.5 Å². The van der Waals surface area contributed by atoms with Crippen molar-refractivity contribution in [1.82, 2.24) is 0 Å². The second-order valence-corrected chi connectivity index (χ2v) is 7.06. The number of allylic oxidation sites excluding steroid dienone is 1. The molecule has 0 unspecified atom stereocenters. The Morgan fingerprint density at radius 3 is 2.88 bits per heavy atom. The highest BCUT2D eigenvalue weighted by molar-refractivity contribution is 7.19. The molecule has 0 radical (unpaired) electrons. The molecule has 3 aromatic rings. The molecule has 0 saturated heterocycles. The van der Waals surface area contributed by atoms with Gasteiger partial charge in [0.2, 0.25) is 0 Å². The Hall–Kier alpha value is -2.45. The van der Waals surface area contributed by atoms with Gasteiger partial charge < -0.3 is 0 Å². The summed E-state index contributed by atoms with van der Waals surface area (Å²) in [6, 6.07) is 14.8. The van der Waals surface area contributed by atoms with Gasteiger partial charge in [0.15, 0.2) is 0 Å². The van der Waals surface area contributed by atoms with Crippen LogP contribution in [0.3, 0.4) is 0 Å². The Morgan fingerprint density at radius 1 is 1.17 bits per heavy atom. The van der Waals surface area contributed by atoms with Gasteiger partial charge in [-0.3, -0.25) is 4.99 Å². The number of rotatable bonds is 2. The van der Waals surface area contributed by atoms with Crippen LogP contribution in [0.5, 0.6) is 0 Å². The largest absolute Gasteiger partial charge is 0.260 e. The summed E-state index contributed by atoms with van der Waals surface area (Å²) in [5.41, 5.74) is 3.61. The van der Waals surface area contributed by atoms with E-state index in [9.17, 15) is 0 Å². The van der Waals surface area contributed by atoms with Crippen molar-refractivity contribution in [2.75, 3.05) is 0 Å². The third-order valence-corrected chi connectivity index (χ3v) is 5.75. The Morgan fingerprint density at radius 2 is 2.04 bits per heavy atom. The predicted octanol–water partition coefficient (Wildman–Crippen LogP) is 4.52. The van der Waals surface area contributed by atoms with Crippen LogP contribution in [0.1, 0.15) is 29.3 Å². The van der Waals surface area contributed by atoms with E-state index < -0.39 is 0 Å². The number of nitrogens with zero attached hydrogens (tertiary/aromatic N) is 1. The van der Waals surface area contributed by atoms with Crippen molar-refractivity contribution in [1.29, 1.82) is 0 Å². The smallest absolute Gasteiger partial charge is 0.0790 e. The average Bonchev–Trinajstić information content (AvgIpc) is 2.99. The number of hydrogen-bond acceptors (Lipinski definition) is 2. The highest BCUT2D eigenvalue weighted by Crippen LogP contribution is 2.39. The number of thiophene rings is 1. The second-order valence-electron chi connectivity index (χ2n) is 5.96. The van der Waals surface area contributed by atoms with Crippen LogP contribution < -0.4 is 10.4 Å². The average molecular weight is 329 g/mol. The Labute approximate surface area is 146 Å². The van der Waals surface area contributed by atoms with E-state index in [1.54, 1.807) is 0 Å². The second kappa shape index (κ2) is 6.21. The van der Waals surface area contributed by atoms with Crippen molar-refractivity contribution in [3.8, 4) is 0 Å². The zero-order chi connectivity index (χ0) is 16.5. The maximum absolute atomic E-state index is 4.72. The lowest BCUT2D eigenvalue weighted by Gasteiger charge is -2.06. The molecule has 2 aromatic carbocycles. The fourth-order valence-corrected chi connectivity index (χ4v) is 4.64. The Bertz CT molecular complexity index is 1080. The van der Waals surface area contributed by atoms with E-state index >= 15 is 0 Å². The maximum atomic E-state index is 4.72. The number of fused-ring (bicyclic) bond motifs is 3. The van der Waals surface area contributed by atoms with Crippen molar-refractivity contribution in [2.45, 2.75) is 19.8 Å². The van der Waals surface area contributed by atoms with Gasteiger partial charge in [-0.2, -0.15) is 0 Å². The lowest BCUT2D eigenvalue weighted by Crippen LogP contribution is -2.25. The first kappa shape index (κ1) is 15.1. The molecule has 2 heteroatoms. The van der Waals surface area contributed by atoms with E-state index in [2.05, 4.69) is 49.1 Å². The fraction of sp³-hybridized carbons (Fsp3) is 0.136. The van der Waals surface area contributed by atoms with Crippen molar-refractivity contribution >= 4 is 46.0 Å². The summed E-state index contributed by atoms with van der Waals surface area (Å²) in [5, 5.41) is 3.45. The molecule has 118 valence electrons. The van der Waals surface area contributed by atoms with E-state index in [1.165, 1.54) is 26.1 Å². The van der Waals surface area contributed by atoms with Crippen LogP contribution in [0.25, 0.3) is 28.4 Å². The zero-order valence-electron chi connectivity index (χ0n) is 13.8. The molecule has 0 fully saturated rings. The number of hydrogen-bond donors (Lipinski definition) is 0. The maximum Gasteiger partial charge on any atom is 0.0790 e. The van der Waals surface area contributed by atoms with Crippen LogP contribution in [-0.2, 0) is 6.42 Å². The number of aliphatic imine (C=N–C) groups is 1. The Balaban J connectivity index is 2.11. The molecule has 4 rings (SSSR count). The molecule has 0 atom stereocenters. The summed E-state index contributed by atoms with van der Waals surface area (Å²) in [7, 11) is 0. The topological polar surface area (TPSA) is 12.4 Å². The van der Waals surface area contributed by atoms with Crippen molar-refractivity contribution < 1.29 is 0 Å². The SMILES string of the molecule is C=c1cccc/c1=C(/N=CC)c1cccc2c3c(sc12)CCC=C3. The molecule has 1 nitrogen and oxygen atoms in total. The summed E-state index contributed by atoms with van der Waals surface area (Å²) >= 11 is 1.91. The predicted molar refractivity (Wildman–Crippen MR) is 107 cm³/mol. The molecule has 0 amide bonds.